The van der Waals surface area contributed by atoms with Gasteiger partial charge in [0.05, 0.1) is 26.6 Å². The largest absolute Gasteiger partial charge is 0.497 e. The van der Waals surface area contributed by atoms with Crippen LogP contribution in [-0.2, 0) is 20.2 Å². The average Bonchev–Trinajstić information content (AvgIpc) is 2.85. The highest BCUT2D eigenvalue weighted by molar-refractivity contribution is 7.91. The zero-order chi connectivity index (χ0) is 23.2. The fourth-order valence-electron chi connectivity index (χ4n) is 3.57. The molecule has 0 spiro atoms. The van der Waals surface area contributed by atoms with Crippen molar-refractivity contribution in [2.24, 2.45) is 0 Å². The fraction of sp³-hybridized carbons (Fsp3) is 0.280. The highest BCUT2D eigenvalue weighted by Crippen LogP contribution is 2.41. The lowest BCUT2D eigenvalue weighted by molar-refractivity contribution is -0.0169. The van der Waals surface area contributed by atoms with E-state index in [1.165, 1.54) is 6.92 Å². The maximum atomic E-state index is 12.2. The minimum absolute atomic E-state index is 0.180. The van der Waals surface area contributed by atoms with Gasteiger partial charge in [-0.15, -0.1) is 0 Å². The van der Waals surface area contributed by atoms with Gasteiger partial charge < -0.3 is 19.3 Å². The predicted molar refractivity (Wildman–Crippen MR) is 124 cm³/mol. The quantitative estimate of drug-likeness (QED) is 0.468. The van der Waals surface area contributed by atoms with Gasteiger partial charge in [-0.3, -0.25) is 0 Å². The molecule has 0 saturated heterocycles. The van der Waals surface area contributed by atoms with E-state index in [0.29, 0.717) is 11.5 Å². The van der Waals surface area contributed by atoms with Gasteiger partial charge in [-0.1, -0.05) is 61.5 Å². The second-order valence-corrected chi connectivity index (χ2v) is 9.67. The first-order chi connectivity index (χ1) is 15.4. The molecule has 0 bridgehead atoms. The fourth-order valence-corrected chi connectivity index (χ4v) is 4.23. The van der Waals surface area contributed by atoms with E-state index in [1.54, 1.807) is 14.2 Å². The lowest BCUT2D eigenvalue weighted by Gasteiger charge is -2.36. The number of sulfone groups is 1. The van der Waals surface area contributed by atoms with Gasteiger partial charge in [0.2, 0.25) is 0 Å². The summed E-state index contributed by atoms with van der Waals surface area (Å²) in [5.41, 5.74) is -0.514. The molecule has 0 heterocycles. The summed E-state index contributed by atoms with van der Waals surface area (Å²) in [5.74, 6) is 1.18. The zero-order valence-electron chi connectivity index (χ0n) is 18.4. The highest BCUT2D eigenvalue weighted by Gasteiger charge is 2.39. The Hall–Kier alpha value is -2.87. The van der Waals surface area contributed by atoms with E-state index in [0.717, 1.165) is 16.7 Å². The van der Waals surface area contributed by atoms with Crippen molar-refractivity contribution < 1.29 is 27.7 Å². The summed E-state index contributed by atoms with van der Waals surface area (Å²) in [6.45, 7) is 1.10. The predicted octanol–water partition coefficient (Wildman–Crippen LogP) is 3.77. The molecule has 0 aliphatic heterocycles. The van der Waals surface area contributed by atoms with E-state index in [-0.39, 0.29) is 5.75 Å². The van der Waals surface area contributed by atoms with Gasteiger partial charge in [-0.05, 0) is 41.0 Å². The number of aliphatic hydroxyl groups excluding tert-OH is 1. The molecule has 0 aliphatic rings. The van der Waals surface area contributed by atoms with Gasteiger partial charge in [-0.2, -0.15) is 0 Å². The molecular formula is C25H28O6S. The molecule has 1 atom stereocenters. The third-order valence-electron chi connectivity index (χ3n) is 5.43. The number of aliphatic hydroxyl groups is 1. The van der Waals surface area contributed by atoms with E-state index in [1.807, 2.05) is 78.9 Å². The van der Waals surface area contributed by atoms with Crippen LogP contribution in [0.3, 0.4) is 0 Å². The molecule has 0 amide bonds. The molecule has 7 heteroatoms. The van der Waals surface area contributed by atoms with Crippen molar-refractivity contribution in [1.29, 1.82) is 0 Å². The first-order valence-corrected chi connectivity index (χ1v) is 12.0. The molecule has 1 N–H and O–H groups in total. The molecule has 0 aromatic heterocycles. The van der Waals surface area contributed by atoms with E-state index < -0.39 is 27.5 Å². The Kier molecular flexibility index (Phi) is 7.56. The lowest BCUT2D eigenvalue weighted by atomic mass is 9.80. The van der Waals surface area contributed by atoms with Gasteiger partial charge in [-0.25, -0.2) is 8.42 Å². The van der Waals surface area contributed by atoms with Crippen LogP contribution in [0.4, 0.5) is 0 Å². The number of methoxy groups -OCH3 is 2. The third-order valence-corrected chi connectivity index (χ3v) is 7.20. The van der Waals surface area contributed by atoms with Crippen LogP contribution in [-0.4, -0.2) is 45.5 Å². The summed E-state index contributed by atoms with van der Waals surface area (Å²) in [4.78, 5) is 0. The van der Waals surface area contributed by atoms with E-state index >= 15 is 0 Å². The van der Waals surface area contributed by atoms with Crippen molar-refractivity contribution in [2.45, 2.75) is 18.0 Å². The Morgan fingerprint density at radius 2 is 1.22 bits per heavy atom. The molecule has 0 aliphatic carbocycles. The minimum Gasteiger partial charge on any atom is -0.497 e. The number of benzene rings is 3. The Balaban J connectivity index is 2.21. The van der Waals surface area contributed by atoms with Gasteiger partial charge in [0.1, 0.15) is 17.1 Å². The molecule has 3 aromatic carbocycles. The van der Waals surface area contributed by atoms with Gasteiger partial charge in [0.15, 0.2) is 15.3 Å². The normalized spacial score (nSPS) is 12.9. The first-order valence-electron chi connectivity index (χ1n) is 10.3. The Morgan fingerprint density at radius 3 is 1.62 bits per heavy atom. The van der Waals surface area contributed by atoms with Crippen LogP contribution < -0.4 is 9.47 Å². The molecular weight excluding hydrogens is 428 g/mol. The molecule has 0 saturated carbocycles. The standard InChI is InChI=1S/C25H28O6S/c1-4-32(27,28)24(26)18-31-25(19-8-6-5-7-9-19,20-10-14-22(29-2)15-11-20)21-12-16-23(30-3)17-13-21/h5-17,24,26H,4,18H2,1-3H3. The van der Waals surface area contributed by atoms with Gasteiger partial charge in [0, 0.05) is 0 Å². The van der Waals surface area contributed by atoms with Crippen LogP contribution >= 0.6 is 0 Å². The average molecular weight is 457 g/mol. The van der Waals surface area contributed by atoms with Crippen molar-refractivity contribution in [2.75, 3.05) is 26.6 Å². The number of ether oxygens (including phenoxy) is 3. The minimum atomic E-state index is -3.70. The molecule has 32 heavy (non-hydrogen) atoms. The lowest BCUT2D eigenvalue weighted by Crippen LogP contribution is -2.38. The van der Waals surface area contributed by atoms with Crippen molar-refractivity contribution >= 4 is 9.84 Å². The number of hydrogen-bond acceptors (Lipinski definition) is 6. The molecule has 170 valence electrons. The summed E-state index contributed by atoms with van der Waals surface area (Å²) in [5, 5.41) is 10.4. The summed E-state index contributed by atoms with van der Waals surface area (Å²) < 4.78 is 41.4. The molecule has 0 radical (unpaired) electrons. The van der Waals surface area contributed by atoms with Crippen LogP contribution in [0, 0.1) is 0 Å². The van der Waals surface area contributed by atoms with Crippen LogP contribution in [0.15, 0.2) is 78.9 Å². The first kappa shape index (κ1) is 23.8. The van der Waals surface area contributed by atoms with Crippen molar-refractivity contribution in [3.8, 4) is 11.5 Å². The summed E-state index contributed by atoms with van der Waals surface area (Å²) in [6, 6.07) is 24.3. The third kappa shape index (κ3) is 4.80. The van der Waals surface area contributed by atoms with Crippen LogP contribution in [0.25, 0.3) is 0 Å². The molecule has 6 nitrogen and oxygen atoms in total. The Morgan fingerprint density at radius 1 is 0.781 bits per heavy atom. The SMILES string of the molecule is CCS(=O)(=O)C(O)COC(c1ccccc1)(c1ccc(OC)cc1)c1ccc(OC)cc1. The topological polar surface area (TPSA) is 82.1 Å². The van der Waals surface area contributed by atoms with Gasteiger partial charge in [0.25, 0.3) is 0 Å². The van der Waals surface area contributed by atoms with Crippen molar-refractivity contribution in [3.05, 3.63) is 95.6 Å². The summed E-state index contributed by atoms with van der Waals surface area (Å²) in [6.07, 6.45) is 0. The van der Waals surface area contributed by atoms with Crippen LogP contribution in [0.2, 0.25) is 0 Å². The number of hydrogen-bond donors (Lipinski definition) is 1. The Labute approximate surface area is 189 Å². The highest BCUT2D eigenvalue weighted by atomic mass is 32.2. The molecule has 3 aromatic rings. The van der Waals surface area contributed by atoms with E-state index in [2.05, 4.69) is 0 Å². The summed E-state index contributed by atoms with van der Waals surface area (Å²) in [7, 11) is -0.521. The van der Waals surface area contributed by atoms with Crippen molar-refractivity contribution in [3.63, 3.8) is 0 Å². The Bertz CT molecular complexity index is 1050. The monoisotopic (exact) mass is 456 g/mol. The molecule has 3 rings (SSSR count). The van der Waals surface area contributed by atoms with Crippen molar-refractivity contribution in [1.82, 2.24) is 0 Å². The molecule has 1 unspecified atom stereocenters. The van der Waals surface area contributed by atoms with E-state index in [9.17, 15) is 13.5 Å². The second-order valence-electron chi connectivity index (χ2n) is 7.22. The van der Waals surface area contributed by atoms with E-state index in [4.69, 9.17) is 14.2 Å². The van der Waals surface area contributed by atoms with Crippen LogP contribution in [0.5, 0.6) is 11.5 Å². The maximum absolute atomic E-state index is 12.2. The smallest absolute Gasteiger partial charge is 0.178 e. The summed E-state index contributed by atoms with van der Waals surface area (Å²) >= 11 is 0. The second kappa shape index (κ2) is 10.2. The maximum Gasteiger partial charge on any atom is 0.178 e. The number of rotatable bonds is 10. The zero-order valence-corrected chi connectivity index (χ0v) is 19.2. The molecule has 0 fully saturated rings. The van der Waals surface area contributed by atoms with Gasteiger partial charge >= 0.3 is 0 Å². The van der Waals surface area contributed by atoms with Crippen LogP contribution in [0.1, 0.15) is 23.6 Å².